The van der Waals surface area contributed by atoms with E-state index >= 15 is 0 Å². The van der Waals surface area contributed by atoms with E-state index in [9.17, 15) is 14.7 Å². The van der Waals surface area contributed by atoms with Gasteiger partial charge in [-0.15, -0.1) is 0 Å². The van der Waals surface area contributed by atoms with Crippen LogP contribution in [-0.2, 0) is 28.0 Å². The highest BCUT2D eigenvalue weighted by Gasteiger charge is 2.19. The molecule has 0 aliphatic carbocycles. The smallest absolute Gasteiger partial charge is 0.313 e. The van der Waals surface area contributed by atoms with Crippen molar-refractivity contribution in [2.24, 2.45) is 7.05 Å². The van der Waals surface area contributed by atoms with Gasteiger partial charge in [-0.1, -0.05) is 0 Å². The zero-order chi connectivity index (χ0) is 18.4. The van der Waals surface area contributed by atoms with E-state index in [4.69, 9.17) is 9.15 Å². The summed E-state index contributed by atoms with van der Waals surface area (Å²) in [5.41, 5.74) is 1.86. The van der Waals surface area contributed by atoms with Crippen molar-refractivity contribution in [1.29, 1.82) is 0 Å². The maximum Gasteiger partial charge on any atom is 0.313 e. The maximum atomic E-state index is 11.9. The molecule has 25 heavy (non-hydrogen) atoms. The molecular formula is C16H22N4O5. The van der Waals surface area contributed by atoms with Gasteiger partial charge in [-0.05, 0) is 26.0 Å². The van der Waals surface area contributed by atoms with E-state index in [2.05, 4.69) is 15.7 Å². The number of carbonyl (C=O) groups excluding carboxylic acids is 2. The molecule has 0 radical (unpaired) electrons. The highest BCUT2D eigenvalue weighted by molar-refractivity contribution is 6.39. The fraction of sp³-hybridized carbons (Fsp3) is 0.438. The van der Waals surface area contributed by atoms with Crippen molar-refractivity contribution in [2.45, 2.75) is 26.6 Å². The lowest BCUT2D eigenvalue weighted by molar-refractivity contribution is -0.136. The second kappa shape index (κ2) is 8.45. The fourth-order valence-corrected chi connectivity index (χ4v) is 2.16. The molecule has 0 fully saturated rings. The summed E-state index contributed by atoms with van der Waals surface area (Å²) in [6.07, 6.45) is 0.591. The van der Waals surface area contributed by atoms with Gasteiger partial charge in [0.2, 0.25) is 0 Å². The second-order valence-electron chi connectivity index (χ2n) is 5.58. The molecule has 2 amide bonds. The summed E-state index contributed by atoms with van der Waals surface area (Å²) in [5, 5.41) is 18.8. The van der Waals surface area contributed by atoms with Gasteiger partial charge in [0.1, 0.15) is 12.4 Å². The van der Waals surface area contributed by atoms with E-state index in [1.807, 2.05) is 0 Å². The lowest BCUT2D eigenvalue weighted by Crippen LogP contribution is -2.40. The van der Waals surface area contributed by atoms with Gasteiger partial charge < -0.3 is 24.9 Å². The van der Waals surface area contributed by atoms with Crippen molar-refractivity contribution in [1.82, 2.24) is 15.1 Å². The number of amides is 2. The third kappa shape index (κ3) is 5.16. The topological polar surface area (TPSA) is 119 Å². The van der Waals surface area contributed by atoms with Crippen LogP contribution in [0.3, 0.4) is 0 Å². The minimum atomic E-state index is -0.937. The summed E-state index contributed by atoms with van der Waals surface area (Å²) in [6.45, 7) is 3.64. The Labute approximate surface area is 145 Å². The molecule has 0 aliphatic heterocycles. The number of aryl methyl sites for hydroxylation is 2. The molecule has 0 spiro atoms. The molecule has 1 atom stereocenters. The van der Waals surface area contributed by atoms with Crippen molar-refractivity contribution < 1.29 is 23.8 Å². The Morgan fingerprint density at radius 3 is 2.76 bits per heavy atom. The van der Waals surface area contributed by atoms with Crippen molar-refractivity contribution >= 4 is 17.5 Å². The van der Waals surface area contributed by atoms with Crippen LogP contribution in [0, 0.1) is 13.8 Å². The first-order chi connectivity index (χ1) is 11.9. The fourth-order valence-electron chi connectivity index (χ4n) is 2.16. The standard InChI is InChI=1S/C16H22N4O5/c1-10-14(11(2)20(3)19-10)18-16(23)15(22)17-7-12(21)8-24-9-13-5-4-6-25-13/h4-6,12,21H,7-9H2,1-3H3,(H,17,22)(H,18,23)/t12-/m0/s1. The van der Waals surface area contributed by atoms with E-state index < -0.39 is 17.9 Å². The summed E-state index contributed by atoms with van der Waals surface area (Å²) >= 11 is 0. The minimum Gasteiger partial charge on any atom is -0.467 e. The predicted octanol–water partition coefficient (Wildman–Crippen LogP) is 0.262. The van der Waals surface area contributed by atoms with Gasteiger partial charge in [-0.25, -0.2) is 0 Å². The van der Waals surface area contributed by atoms with Crippen molar-refractivity contribution in [2.75, 3.05) is 18.5 Å². The first kappa shape index (κ1) is 18.7. The Bertz CT molecular complexity index is 723. The average Bonchev–Trinajstić information content (AvgIpc) is 3.16. The number of carbonyl (C=O) groups is 2. The molecule has 2 rings (SSSR count). The number of hydrogen-bond acceptors (Lipinski definition) is 6. The van der Waals surface area contributed by atoms with Gasteiger partial charge in [-0.2, -0.15) is 5.10 Å². The number of furan rings is 1. The van der Waals surface area contributed by atoms with Gasteiger partial charge in [-0.3, -0.25) is 14.3 Å². The van der Waals surface area contributed by atoms with Gasteiger partial charge in [0.25, 0.3) is 0 Å². The number of hydrogen-bond donors (Lipinski definition) is 3. The zero-order valence-corrected chi connectivity index (χ0v) is 14.4. The number of aliphatic hydroxyl groups excluding tert-OH is 1. The third-order valence-corrected chi connectivity index (χ3v) is 3.59. The molecule has 9 heteroatoms. The molecule has 0 saturated carbocycles. The van der Waals surface area contributed by atoms with E-state index in [0.717, 1.165) is 5.69 Å². The Morgan fingerprint density at radius 2 is 2.16 bits per heavy atom. The van der Waals surface area contributed by atoms with Crippen molar-refractivity contribution in [3.8, 4) is 0 Å². The lowest BCUT2D eigenvalue weighted by Gasteiger charge is -2.12. The number of rotatable bonds is 7. The molecule has 2 heterocycles. The summed E-state index contributed by atoms with van der Waals surface area (Å²) in [4.78, 5) is 23.7. The van der Waals surface area contributed by atoms with Gasteiger partial charge in [0, 0.05) is 13.6 Å². The highest BCUT2D eigenvalue weighted by Crippen LogP contribution is 2.17. The van der Waals surface area contributed by atoms with Crippen LogP contribution in [0.1, 0.15) is 17.1 Å². The summed E-state index contributed by atoms with van der Waals surface area (Å²) < 4.78 is 12.0. The summed E-state index contributed by atoms with van der Waals surface area (Å²) in [5.74, 6) is -1.02. The number of anilines is 1. The normalized spacial score (nSPS) is 12.0. The first-order valence-electron chi connectivity index (χ1n) is 7.76. The van der Waals surface area contributed by atoms with E-state index in [1.54, 1.807) is 37.7 Å². The van der Waals surface area contributed by atoms with E-state index in [-0.39, 0.29) is 19.8 Å². The maximum absolute atomic E-state index is 11.9. The van der Waals surface area contributed by atoms with Gasteiger partial charge in [0.15, 0.2) is 0 Å². The molecule has 9 nitrogen and oxygen atoms in total. The van der Waals surface area contributed by atoms with Crippen molar-refractivity contribution in [3.63, 3.8) is 0 Å². The van der Waals surface area contributed by atoms with Crippen LogP contribution in [0.4, 0.5) is 5.69 Å². The molecule has 3 N–H and O–H groups in total. The molecular weight excluding hydrogens is 328 g/mol. The second-order valence-corrected chi connectivity index (χ2v) is 5.58. The quantitative estimate of drug-likeness (QED) is 0.617. The number of aromatic nitrogens is 2. The van der Waals surface area contributed by atoms with Crippen LogP contribution in [0.15, 0.2) is 22.8 Å². The van der Waals surface area contributed by atoms with Crippen LogP contribution in [0.25, 0.3) is 0 Å². The van der Waals surface area contributed by atoms with Crippen molar-refractivity contribution in [3.05, 3.63) is 35.5 Å². The number of ether oxygens (including phenoxy) is 1. The SMILES string of the molecule is Cc1nn(C)c(C)c1NC(=O)C(=O)NC[C@H](O)COCc1ccco1. The van der Waals surface area contributed by atoms with Crippen LogP contribution in [0.5, 0.6) is 0 Å². The van der Waals surface area contributed by atoms with Gasteiger partial charge >= 0.3 is 11.8 Å². The number of nitrogens with zero attached hydrogens (tertiary/aromatic N) is 2. The molecule has 0 saturated heterocycles. The van der Waals surface area contributed by atoms with Crippen LogP contribution in [-0.4, -0.2) is 46.0 Å². The summed E-state index contributed by atoms with van der Waals surface area (Å²) in [7, 11) is 1.75. The van der Waals surface area contributed by atoms with E-state index in [0.29, 0.717) is 17.1 Å². The molecule has 0 aromatic carbocycles. The molecule has 2 aromatic heterocycles. The van der Waals surface area contributed by atoms with Crippen LogP contribution in [0.2, 0.25) is 0 Å². The average molecular weight is 350 g/mol. The Balaban J connectivity index is 1.72. The Hall–Kier alpha value is -2.65. The monoisotopic (exact) mass is 350 g/mol. The Kier molecular flexibility index (Phi) is 6.31. The molecule has 0 unspecified atom stereocenters. The molecule has 0 bridgehead atoms. The minimum absolute atomic E-state index is 0.00339. The lowest BCUT2D eigenvalue weighted by atomic mass is 10.3. The molecule has 2 aromatic rings. The molecule has 136 valence electrons. The highest BCUT2D eigenvalue weighted by atomic mass is 16.5. The number of aliphatic hydroxyl groups is 1. The summed E-state index contributed by atoms with van der Waals surface area (Å²) in [6, 6.07) is 3.49. The van der Waals surface area contributed by atoms with Crippen LogP contribution < -0.4 is 10.6 Å². The van der Waals surface area contributed by atoms with E-state index in [1.165, 1.54) is 6.26 Å². The largest absolute Gasteiger partial charge is 0.467 e. The Morgan fingerprint density at radius 1 is 1.40 bits per heavy atom. The first-order valence-corrected chi connectivity index (χ1v) is 7.76. The predicted molar refractivity (Wildman–Crippen MR) is 88.7 cm³/mol. The zero-order valence-electron chi connectivity index (χ0n) is 14.4. The van der Waals surface area contributed by atoms with Crippen LogP contribution >= 0.6 is 0 Å². The van der Waals surface area contributed by atoms with Gasteiger partial charge in [0.05, 0.1) is 36.0 Å². The third-order valence-electron chi connectivity index (χ3n) is 3.59. The number of nitrogens with one attached hydrogen (secondary N) is 2. The molecule has 0 aliphatic rings.